The Bertz CT molecular complexity index is 166. The predicted molar refractivity (Wildman–Crippen MR) is 52.9 cm³/mol. The number of carboxylic acid groups (broad SMARTS) is 3. The third-order valence-corrected chi connectivity index (χ3v) is 0.553. The smallest absolute Gasteiger partial charge is 0.303 e. The zero-order valence-electron chi connectivity index (χ0n) is 8.60. The van der Waals surface area contributed by atoms with Gasteiger partial charge >= 0.3 is 11.9 Å². The number of rotatable bonds is 3. The van der Waals surface area contributed by atoms with Gasteiger partial charge in [-0.05, 0) is 0 Å². The normalized spacial score (nSPS) is 6.20. The summed E-state index contributed by atoms with van der Waals surface area (Å²) in [5.74, 6) is -2.99. The van der Waals surface area contributed by atoms with Crippen molar-refractivity contribution in [3.8, 4) is 0 Å². The van der Waals surface area contributed by atoms with Crippen LogP contribution in [0.25, 0.3) is 0 Å². The van der Waals surface area contributed by atoms with Crippen LogP contribution in [0.1, 0.15) is 19.8 Å². The van der Waals surface area contributed by atoms with Crippen molar-refractivity contribution >= 4 is 17.9 Å². The zero-order chi connectivity index (χ0) is 10.1. The Morgan fingerprint density at radius 1 is 0.800 bits per heavy atom. The van der Waals surface area contributed by atoms with Crippen molar-refractivity contribution in [2.45, 2.75) is 19.8 Å². The van der Waals surface area contributed by atoms with Gasteiger partial charge in [-0.2, -0.15) is 0 Å². The Morgan fingerprint density at radius 3 is 1.00 bits per heavy atom. The molecule has 0 aromatic heterocycles. The van der Waals surface area contributed by atoms with E-state index < -0.39 is 17.9 Å². The largest absolute Gasteiger partial charge is 0.481 e. The van der Waals surface area contributed by atoms with Crippen molar-refractivity contribution in [1.29, 1.82) is 0 Å². The highest BCUT2D eigenvalue weighted by molar-refractivity contribution is 5.75. The number of hydrogen-bond acceptors (Lipinski definition) is 6. The van der Waals surface area contributed by atoms with Crippen molar-refractivity contribution in [1.82, 2.24) is 18.5 Å². The molecule has 0 aromatic rings. The molecule has 0 aliphatic heterocycles. The van der Waals surface area contributed by atoms with E-state index in [0.29, 0.717) is 0 Å². The average Bonchev–Trinajstić information content (AvgIpc) is 1.82. The molecule has 0 spiro atoms. The van der Waals surface area contributed by atoms with Crippen LogP contribution < -0.4 is 18.5 Å². The van der Waals surface area contributed by atoms with Gasteiger partial charge in [0, 0.05) is 6.92 Å². The minimum atomic E-state index is -1.08. The standard InChI is InChI=1S/C4H6O4.C2H4O2.3H3N/c5-3(6)1-2-4(7)8;1-2(3)4;;;/h1-2H2,(H,5,6)(H,7,8);1H3,(H,3,4);3*1H3. The van der Waals surface area contributed by atoms with Gasteiger partial charge in [0.15, 0.2) is 0 Å². The molecule has 0 rings (SSSR count). The topological polar surface area (TPSA) is 217 Å². The van der Waals surface area contributed by atoms with Crippen molar-refractivity contribution in [2.24, 2.45) is 0 Å². The van der Waals surface area contributed by atoms with E-state index >= 15 is 0 Å². The predicted octanol–water partition coefficient (Wildman–Crippen LogP) is 0.513. The molecule has 0 saturated heterocycles. The SMILES string of the molecule is CC(=O)O.N.N.N.O=C(O)CCC(=O)O. The van der Waals surface area contributed by atoms with Crippen LogP contribution in [0, 0.1) is 0 Å². The lowest BCUT2D eigenvalue weighted by atomic mass is 10.3. The molecule has 0 bridgehead atoms. The molecule has 0 fully saturated rings. The minimum absolute atomic E-state index is 0. The summed E-state index contributed by atoms with van der Waals surface area (Å²) in [6.07, 6.45) is -0.593. The highest BCUT2D eigenvalue weighted by Gasteiger charge is 2.00. The first kappa shape index (κ1) is 29.2. The molecule has 9 nitrogen and oxygen atoms in total. The molecule has 0 atom stereocenters. The Labute approximate surface area is 86.8 Å². The molecule has 0 saturated carbocycles. The molecule has 0 radical (unpaired) electrons. The summed E-state index contributed by atoms with van der Waals surface area (Å²) in [6, 6.07) is 0. The van der Waals surface area contributed by atoms with E-state index in [2.05, 4.69) is 0 Å². The molecular weight excluding hydrogens is 210 g/mol. The van der Waals surface area contributed by atoms with Gasteiger partial charge in [-0.25, -0.2) is 0 Å². The lowest BCUT2D eigenvalue weighted by Crippen LogP contribution is -2.00. The fourth-order valence-corrected chi connectivity index (χ4v) is 0.214. The van der Waals surface area contributed by atoms with E-state index in [1.807, 2.05) is 0 Å². The quantitative estimate of drug-likeness (QED) is 0.396. The van der Waals surface area contributed by atoms with Crippen LogP contribution in [0.5, 0.6) is 0 Å². The Morgan fingerprint density at radius 2 is 0.933 bits per heavy atom. The molecule has 15 heavy (non-hydrogen) atoms. The molecule has 0 amide bonds. The third-order valence-electron chi connectivity index (χ3n) is 0.553. The number of aliphatic carboxylic acids is 3. The molecule has 0 aromatic carbocycles. The maximum atomic E-state index is 9.64. The molecular formula is C6H19N3O6. The van der Waals surface area contributed by atoms with E-state index in [1.54, 1.807) is 0 Å². The van der Waals surface area contributed by atoms with Gasteiger partial charge in [0.25, 0.3) is 5.97 Å². The molecule has 12 N–H and O–H groups in total. The first-order chi connectivity index (χ1) is 5.36. The molecule has 0 aliphatic carbocycles. The van der Waals surface area contributed by atoms with Gasteiger partial charge in [0.2, 0.25) is 0 Å². The zero-order valence-corrected chi connectivity index (χ0v) is 8.60. The van der Waals surface area contributed by atoms with Crippen molar-refractivity contribution in [2.75, 3.05) is 0 Å². The van der Waals surface area contributed by atoms with Crippen molar-refractivity contribution in [3.05, 3.63) is 0 Å². The van der Waals surface area contributed by atoms with Crippen LogP contribution in [0.3, 0.4) is 0 Å². The Kier molecular flexibility index (Phi) is 35.3. The summed E-state index contributed by atoms with van der Waals surface area (Å²) in [4.78, 5) is 28.3. The average molecular weight is 229 g/mol. The van der Waals surface area contributed by atoms with E-state index in [1.165, 1.54) is 0 Å². The molecule has 0 heterocycles. The van der Waals surface area contributed by atoms with Gasteiger partial charge in [-0.15, -0.1) is 0 Å². The van der Waals surface area contributed by atoms with Crippen molar-refractivity contribution < 1.29 is 29.7 Å². The van der Waals surface area contributed by atoms with E-state index in [-0.39, 0.29) is 31.3 Å². The van der Waals surface area contributed by atoms with E-state index in [0.717, 1.165) is 6.92 Å². The first-order valence-corrected chi connectivity index (χ1v) is 2.99. The Balaban J connectivity index is -0.0000000424. The third kappa shape index (κ3) is 120. The van der Waals surface area contributed by atoms with Gasteiger partial charge in [0.05, 0.1) is 12.8 Å². The van der Waals surface area contributed by atoms with Crippen molar-refractivity contribution in [3.63, 3.8) is 0 Å². The van der Waals surface area contributed by atoms with Gasteiger partial charge in [0.1, 0.15) is 0 Å². The second-order valence-electron chi connectivity index (χ2n) is 1.81. The molecule has 0 aliphatic rings. The van der Waals surface area contributed by atoms with Gasteiger partial charge in [-0.1, -0.05) is 0 Å². The summed E-state index contributed by atoms with van der Waals surface area (Å²) in [7, 11) is 0. The first-order valence-electron chi connectivity index (χ1n) is 2.99. The fraction of sp³-hybridized carbons (Fsp3) is 0.500. The van der Waals surface area contributed by atoms with E-state index in [4.69, 9.17) is 20.1 Å². The molecule has 9 heteroatoms. The van der Waals surface area contributed by atoms with E-state index in [9.17, 15) is 9.59 Å². The van der Waals surface area contributed by atoms with Gasteiger partial charge in [-0.3, -0.25) is 14.4 Å². The summed E-state index contributed by atoms with van der Waals surface area (Å²) in [5.41, 5.74) is 0. The van der Waals surface area contributed by atoms with Crippen LogP contribution in [0.15, 0.2) is 0 Å². The molecule has 0 unspecified atom stereocenters. The summed E-state index contributed by atoms with van der Waals surface area (Å²) >= 11 is 0. The molecule has 94 valence electrons. The second-order valence-corrected chi connectivity index (χ2v) is 1.81. The van der Waals surface area contributed by atoms with Crippen LogP contribution >= 0.6 is 0 Å². The number of carboxylic acids is 3. The lowest BCUT2D eigenvalue weighted by Gasteiger charge is -1.85. The summed E-state index contributed by atoms with van der Waals surface area (Å²) in [6.45, 7) is 1.08. The maximum absolute atomic E-state index is 9.64. The highest BCUT2D eigenvalue weighted by Crippen LogP contribution is 1.86. The van der Waals surface area contributed by atoms with Gasteiger partial charge < -0.3 is 33.8 Å². The summed E-state index contributed by atoms with van der Waals surface area (Å²) in [5, 5.41) is 23.2. The second kappa shape index (κ2) is 18.2. The fourth-order valence-electron chi connectivity index (χ4n) is 0.214. The van der Waals surface area contributed by atoms with Crippen LogP contribution in [0.4, 0.5) is 0 Å². The lowest BCUT2D eigenvalue weighted by molar-refractivity contribution is -0.143. The summed E-state index contributed by atoms with van der Waals surface area (Å²) < 4.78 is 0. The number of carbonyl (C=O) groups is 3. The van der Waals surface area contributed by atoms with Crippen LogP contribution in [-0.4, -0.2) is 33.2 Å². The number of hydrogen-bond donors (Lipinski definition) is 6. The van der Waals surface area contributed by atoms with Crippen LogP contribution in [-0.2, 0) is 14.4 Å². The monoisotopic (exact) mass is 229 g/mol. The maximum Gasteiger partial charge on any atom is 0.303 e. The minimum Gasteiger partial charge on any atom is -0.481 e. The Hall–Kier alpha value is -1.71. The highest BCUT2D eigenvalue weighted by atomic mass is 16.4. The van der Waals surface area contributed by atoms with Crippen LogP contribution in [0.2, 0.25) is 0 Å².